The zero-order chi connectivity index (χ0) is 15.0. The van der Waals surface area contributed by atoms with Gasteiger partial charge in [0.05, 0.1) is 6.54 Å². The minimum absolute atomic E-state index is 0.0367. The Bertz CT molecular complexity index is 323. The third-order valence-corrected chi connectivity index (χ3v) is 5.28. The van der Waals surface area contributed by atoms with E-state index >= 15 is 0 Å². The van der Waals surface area contributed by atoms with Gasteiger partial charge in [-0.1, -0.05) is 6.92 Å². The maximum absolute atomic E-state index is 11.6. The molecule has 5 nitrogen and oxygen atoms in total. The molecule has 1 aliphatic rings. The van der Waals surface area contributed by atoms with Crippen LogP contribution in [0.5, 0.6) is 0 Å². The highest BCUT2D eigenvalue weighted by molar-refractivity contribution is 7.99. The van der Waals surface area contributed by atoms with Gasteiger partial charge >= 0.3 is 0 Å². The lowest BCUT2D eigenvalue weighted by atomic mass is 9.80. The van der Waals surface area contributed by atoms with Crippen molar-refractivity contribution in [2.45, 2.75) is 44.3 Å². The maximum atomic E-state index is 11.6. The molecule has 1 saturated carbocycles. The van der Waals surface area contributed by atoms with Crippen LogP contribution in [-0.2, 0) is 4.79 Å². The number of nitrogens with two attached hydrogens (primary N) is 2. The molecule has 1 unspecified atom stereocenters. The quantitative estimate of drug-likeness (QED) is 0.488. The SMILES string of the molecule is CSC(C)C1CCC(CNC(=O)CCN=C(N)N)CC1. The number of amides is 1. The van der Waals surface area contributed by atoms with Crippen LogP contribution in [0.2, 0.25) is 0 Å². The van der Waals surface area contributed by atoms with Gasteiger partial charge < -0.3 is 16.8 Å². The first-order chi connectivity index (χ1) is 9.52. The molecule has 1 rings (SSSR count). The van der Waals surface area contributed by atoms with Crippen LogP contribution in [0, 0.1) is 11.8 Å². The van der Waals surface area contributed by atoms with E-state index in [9.17, 15) is 4.79 Å². The first-order valence-corrected chi connectivity index (χ1v) is 8.66. The van der Waals surface area contributed by atoms with E-state index in [4.69, 9.17) is 11.5 Å². The normalized spacial score (nSPS) is 23.9. The highest BCUT2D eigenvalue weighted by Crippen LogP contribution is 2.34. The number of thioether (sulfide) groups is 1. The zero-order valence-corrected chi connectivity index (χ0v) is 13.4. The van der Waals surface area contributed by atoms with Crippen molar-refractivity contribution in [2.75, 3.05) is 19.3 Å². The van der Waals surface area contributed by atoms with Crippen molar-refractivity contribution < 1.29 is 4.79 Å². The van der Waals surface area contributed by atoms with Gasteiger partial charge in [-0.2, -0.15) is 11.8 Å². The summed E-state index contributed by atoms with van der Waals surface area (Å²) in [5.74, 6) is 1.56. The Balaban J connectivity index is 2.15. The van der Waals surface area contributed by atoms with E-state index in [0.29, 0.717) is 18.9 Å². The smallest absolute Gasteiger partial charge is 0.221 e. The molecule has 0 radical (unpaired) electrons. The molecule has 1 aliphatic carbocycles. The van der Waals surface area contributed by atoms with Crippen molar-refractivity contribution in [3.8, 4) is 0 Å². The summed E-state index contributed by atoms with van der Waals surface area (Å²) in [6.07, 6.45) is 7.57. The van der Waals surface area contributed by atoms with Crippen molar-refractivity contribution in [1.82, 2.24) is 5.32 Å². The number of carbonyl (C=O) groups is 1. The lowest BCUT2D eigenvalue weighted by Gasteiger charge is -2.31. The van der Waals surface area contributed by atoms with Crippen LogP contribution in [0.25, 0.3) is 0 Å². The summed E-state index contributed by atoms with van der Waals surface area (Å²) < 4.78 is 0. The molecule has 1 atom stereocenters. The molecule has 116 valence electrons. The molecular weight excluding hydrogens is 272 g/mol. The first kappa shape index (κ1) is 17.1. The number of guanidine groups is 1. The highest BCUT2D eigenvalue weighted by Gasteiger charge is 2.24. The van der Waals surface area contributed by atoms with Crippen LogP contribution in [-0.4, -0.2) is 36.5 Å². The second kappa shape index (κ2) is 9.10. The van der Waals surface area contributed by atoms with Gasteiger partial charge in [-0.05, 0) is 43.8 Å². The van der Waals surface area contributed by atoms with Crippen LogP contribution >= 0.6 is 11.8 Å². The molecular formula is C14H28N4OS. The summed E-state index contributed by atoms with van der Waals surface area (Å²) in [6, 6.07) is 0. The van der Waals surface area contributed by atoms with E-state index < -0.39 is 0 Å². The molecule has 1 amide bonds. The molecule has 0 saturated heterocycles. The van der Waals surface area contributed by atoms with Gasteiger partial charge in [-0.15, -0.1) is 0 Å². The Morgan fingerprint density at radius 3 is 2.55 bits per heavy atom. The summed E-state index contributed by atoms with van der Waals surface area (Å²) in [7, 11) is 0. The van der Waals surface area contributed by atoms with Crippen LogP contribution in [0.3, 0.4) is 0 Å². The topological polar surface area (TPSA) is 93.5 Å². The number of aliphatic imine (C=N–C) groups is 1. The van der Waals surface area contributed by atoms with E-state index in [1.54, 1.807) is 0 Å². The fraction of sp³-hybridized carbons (Fsp3) is 0.857. The minimum Gasteiger partial charge on any atom is -0.370 e. The Kier molecular flexibility index (Phi) is 7.80. The van der Waals surface area contributed by atoms with E-state index in [2.05, 4.69) is 23.5 Å². The van der Waals surface area contributed by atoms with E-state index in [-0.39, 0.29) is 11.9 Å². The van der Waals surface area contributed by atoms with Crippen molar-refractivity contribution in [3.05, 3.63) is 0 Å². The molecule has 0 aromatic heterocycles. The number of nitrogens with one attached hydrogen (secondary N) is 1. The van der Waals surface area contributed by atoms with Crippen LogP contribution in [0.4, 0.5) is 0 Å². The summed E-state index contributed by atoms with van der Waals surface area (Å²) in [4.78, 5) is 15.4. The van der Waals surface area contributed by atoms with E-state index in [1.807, 2.05) is 11.8 Å². The third kappa shape index (κ3) is 6.50. The molecule has 0 heterocycles. The standard InChI is InChI=1S/C14H28N4OS/c1-10(20-2)12-5-3-11(4-6-12)9-18-13(19)7-8-17-14(15)16/h10-12H,3-9H2,1-2H3,(H,18,19)(H4,15,16,17). The van der Waals surface area contributed by atoms with Crippen LogP contribution in [0.15, 0.2) is 4.99 Å². The summed E-state index contributed by atoms with van der Waals surface area (Å²) in [5.41, 5.74) is 10.4. The largest absolute Gasteiger partial charge is 0.370 e. The number of nitrogens with zero attached hydrogens (tertiary/aromatic N) is 1. The first-order valence-electron chi connectivity index (χ1n) is 7.37. The fourth-order valence-corrected chi connectivity index (χ4v) is 3.34. The number of rotatable bonds is 7. The molecule has 0 bridgehead atoms. The molecule has 6 heteroatoms. The minimum atomic E-state index is 0.0367. The second-order valence-electron chi connectivity index (χ2n) is 5.58. The van der Waals surface area contributed by atoms with Crippen molar-refractivity contribution in [2.24, 2.45) is 28.3 Å². The lowest BCUT2D eigenvalue weighted by molar-refractivity contribution is -0.121. The summed E-state index contributed by atoms with van der Waals surface area (Å²) in [5, 5.41) is 3.74. The average Bonchev–Trinajstić information content (AvgIpc) is 2.44. The molecule has 1 fully saturated rings. The molecule has 20 heavy (non-hydrogen) atoms. The summed E-state index contributed by atoms with van der Waals surface area (Å²) >= 11 is 1.96. The third-order valence-electron chi connectivity index (χ3n) is 4.15. The summed E-state index contributed by atoms with van der Waals surface area (Å²) in [6.45, 7) is 3.48. The lowest BCUT2D eigenvalue weighted by Crippen LogP contribution is -2.33. The van der Waals surface area contributed by atoms with E-state index in [0.717, 1.165) is 17.7 Å². The molecule has 0 aromatic rings. The number of carbonyl (C=O) groups excluding carboxylic acids is 1. The highest BCUT2D eigenvalue weighted by atomic mass is 32.2. The maximum Gasteiger partial charge on any atom is 0.221 e. The molecule has 0 aromatic carbocycles. The van der Waals surface area contributed by atoms with Crippen LogP contribution in [0.1, 0.15) is 39.0 Å². The van der Waals surface area contributed by atoms with Gasteiger partial charge in [-0.3, -0.25) is 9.79 Å². The predicted octanol–water partition coefficient (Wildman–Crippen LogP) is 1.32. The van der Waals surface area contributed by atoms with E-state index in [1.165, 1.54) is 25.7 Å². The van der Waals surface area contributed by atoms with Gasteiger partial charge in [0.25, 0.3) is 0 Å². The Morgan fingerprint density at radius 2 is 2.00 bits per heavy atom. The van der Waals surface area contributed by atoms with Crippen molar-refractivity contribution in [3.63, 3.8) is 0 Å². The van der Waals surface area contributed by atoms with Gasteiger partial charge in [0.15, 0.2) is 5.96 Å². The average molecular weight is 300 g/mol. The van der Waals surface area contributed by atoms with Crippen molar-refractivity contribution in [1.29, 1.82) is 0 Å². The van der Waals surface area contributed by atoms with Gasteiger partial charge in [0.1, 0.15) is 0 Å². The number of hydrogen-bond acceptors (Lipinski definition) is 3. The van der Waals surface area contributed by atoms with Crippen LogP contribution < -0.4 is 16.8 Å². The Labute approximate surface area is 126 Å². The fourth-order valence-electron chi connectivity index (χ4n) is 2.69. The monoisotopic (exact) mass is 300 g/mol. The van der Waals surface area contributed by atoms with Gasteiger partial charge in [0, 0.05) is 18.2 Å². The Hall–Kier alpha value is -0.910. The molecule has 0 spiro atoms. The van der Waals surface area contributed by atoms with Gasteiger partial charge in [0.2, 0.25) is 5.91 Å². The molecule has 0 aliphatic heterocycles. The Morgan fingerprint density at radius 1 is 1.35 bits per heavy atom. The van der Waals surface area contributed by atoms with Crippen molar-refractivity contribution >= 4 is 23.6 Å². The zero-order valence-electron chi connectivity index (χ0n) is 12.6. The number of hydrogen-bond donors (Lipinski definition) is 3. The van der Waals surface area contributed by atoms with Gasteiger partial charge in [-0.25, -0.2) is 0 Å². The predicted molar refractivity (Wildman–Crippen MR) is 86.7 cm³/mol. The molecule has 5 N–H and O–H groups in total. The second-order valence-corrected chi connectivity index (χ2v) is 6.80.